The molecule has 0 saturated carbocycles. The maximum Gasteiger partial charge on any atom is 0.151 e. The molecule has 2 heterocycles. The predicted molar refractivity (Wildman–Crippen MR) is 82.4 cm³/mol. The number of aromatic nitrogens is 2. The Morgan fingerprint density at radius 1 is 1.14 bits per heavy atom. The van der Waals surface area contributed by atoms with Gasteiger partial charge in [-0.15, -0.1) is 11.3 Å². The first-order valence-electron chi connectivity index (χ1n) is 6.60. The number of hydrogen-bond acceptors (Lipinski definition) is 4. The lowest BCUT2D eigenvalue weighted by atomic mass is 10.0. The van der Waals surface area contributed by atoms with Gasteiger partial charge in [-0.25, -0.2) is 9.37 Å². The minimum Gasteiger partial charge on any atom is -0.324 e. The van der Waals surface area contributed by atoms with Crippen molar-refractivity contribution in [2.75, 3.05) is 0 Å². The van der Waals surface area contributed by atoms with E-state index >= 15 is 0 Å². The lowest BCUT2D eigenvalue weighted by Crippen LogP contribution is -2.13. The zero-order valence-corrected chi connectivity index (χ0v) is 12.1. The van der Waals surface area contributed by atoms with E-state index in [1.54, 1.807) is 12.3 Å². The van der Waals surface area contributed by atoms with Gasteiger partial charge in [0.05, 0.1) is 5.69 Å². The van der Waals surface area contributed by atoms with Gasteiger partial charge < -0.3 is 5.73 Å². The van der Waals surface area contributed by atoms with E-state index in [1.165, 1.54) is 17.4 Å². The summed E-state index contributed by atoms with van der Waals surface area (Å²) in [4.78, 5) is 8.48. The maximum absolute atomic E-state index is 13.7. The van der Waals surface area contributed by atoms with Crippen molar-refractivity contribution in [3.05, 3.63) is 71.1 Å². The first-order chi connectivity index (χ1) is 10.2. The first kappa shape index (κ1) is 13.9. The number of rotatable bonds is 4. The number of hydrogen-bond donors (Lipinski definition) is 1. The molecule has 2 aromatic heterocycles. The van der Waals surface area contributed by atoms with E-state index < -0.39 is 0 Å². The van der Waals surface area contributed by atoms with E-state index in [0.717, 1.165) is 11.3 Å². The molecule has 0 amide bonds. The van der Waals surface area contributed by atoms with E-state index in [1.807, 2.05) is 35.7 Å². The Morgan fingerprint density at radius 2 is 1.95 bits per heavy atom. The van der Waals surface area contributed by atoms with Gasteiger partial charge in [-0.3, -0.25) is 4.98 Å². The molecule has 1 atom stereocenters. The summed E-state index contributed by atoms with van der Waals surface area (Å²) in [7, 11) is 0. The quantitative estimate of drug-likeness (QED) is 0.801. The molecule has 0 aliphatic carbocycles. The minimum atomic E-state index is -0.356. The molecule has 0 spiro atoms. The highest BCUT2D eigenvalue weighted by molar-refractivity contribution is 7.13. The Labute approximate surface area is 126 Å². The fourth-order valence-corrected chi connectivity index (χ4v) is 2.92. The average Bonchev–Trinajstić information content (AvgIpc) is 2.97. The van der Waals surface area contributed by atoms with Crippen LogP contribution in [0.2, 0.25) is 0 Å². The molecular formula is C16H14FN3S. The van der Waals surface area contributed by atoms with Gasteiger partial charge in [-0.05, 0) is 17.7 Å². The zero-order valence-electron chi connectivity index (χ0n) is 11.2. The molecule has 0 aliphatic rings. The molecule has 21 heavy (non-hydrogen) atoms. The van der Waals surface area contributed by atoms with E-state index in [2.05, 4.69) is 9.97 Å². The summed E-state index contributed by atoms with van der Waals surface area (Å²) >= 11 is 1.38. The summed E-state index contributed by atoms with van der Waals surface area (Å²) in [5, 5.41) is 2.50. The Balaban J connectivity index is 1.78. The normalized spacial score (nSPS) is 12.3. The smallest absolute Gasteiger partial charge is 0.151 e. The molecule has 0 saturated heterocycles. The van der Waals surface area contributed by atoms with Crippen LogP contribution in [0, 0.1) is 5.82 Å². The molecule has 2 N–H and O–H groups in total. The third-order valence-electron chi connectivity index (χ3n) is 3.17. The second-order valence-corrected chi connectivity index (χ2v) is 5.56. The summed E-state index contributed by atoms with van der Waals surface area (Å²) in [6, 6.07) is 12.7. The summed E-state index contributed by atoms with van der Waals surface area (Å²) in [6.07, 6.45) is 2.18. The summed E-state index contributed by atoms with van der Waals surface area (Å²) in [5.74, 6) is -0.356. The van der Waals surface area contributed by atoms with Crippen LogP contribution in [0.3, 0.4) is 0 Å². The molecule has 0 aliphatic heterocycles. The lowest BCUT2D eigenvalue weighted by Gasteiger charge is -2.09. The zero-order chi connectivity index (χ0) is 14.7. The van der Waals surface area contributed by atoms with Gasteiger partial charge in [0.1, 0.15) is 10.7 Å². The molecule has 0 bridgehead atoms. The SMILES string of the molecule is NC(Cc1csc(-c2ncccc2F)n1)c1ccccc1. The van der Waals surface area contributed by atoms with Crippen molar-refractivity contribution in [1.29, 1.82) is 0 Å². The Hall–Kier alpha value is -2.11. The Bertz CT molecular complexity index is 727. The molecule has 3 rings (SSSR count). The van der Waals surface area contributed by atoms with Gasteiger partial charge in [0.25, 0.3) is 0 Å². The summed E-state index contributed by atoms with van der Waals surface area (Å²) in [6.45, 7) is 0. The number of benzene rings is 1. The van der Waals surface area contributed by atoms with Crippen molar-refractivity contribution in [3.63, 3.8) is 0 Å². The van der Waals surface area contributed by atoms with Gasteiger partial charge in [-0.2, -0.15) is 0 Å². The first-order valence-corrected chi connectivity index (χ1v) is 7.48. The van der Waals surface area contributed by atoms with Crippen LogP contribution in [-0.4, -0.2) is 9.97 Å². The molecule has 3 aromatic rings. The minimum absolute atomic E-state index is 0.116. The number of nitrogens with zero attached hydrogens (tertiary/aromatic N) is 2. The fraction of sp³-hybridized carbons (Fsp3) is 0.125. The van der Waals surface area contributed by atoms with Gasteiger partial charge >= 0.3 is 0 Å². The van der Waals surface area contributed by atoms with Gasteiger partial charge in [-0.1, -0.05) is 30.3 Å². The van der Waals surface area contributed by atoms with E-state index in [0.29, 0.717) is 17.1 Å². The van der Waals surface area contributed by atoms with Crippen LogP contribution in [0.25, 0.3) is 10.7 Å². The van der Waals surface area contributed by atoms with Crippen LogP contribution in [0.4, 0.5) is 4.39 Å². The Kier molecular flexibility index (Phi) is 4.03. The predicted octanol–water partition coefficient (Wildman–Crippen LogP) is 3.59. The van der Waals surface area contributed by atoms with Crippen LogP contribution < -0.4 is 5.73 Å². The van der Waals surface area contributed by atoms with E-state index in [-0.39, 0.29) is 11.9 Å². The maximum atomic E-state index is 13.7. The average molecular weight is 299 g/mol. The highest BCUT2D eigenvalue weighted by Gasteiger charge is 2.13. The van der Waals surface area contributed by atoms with Crippen LogP contribution >= 0.6 is 11.3 Å². The Morgan fingerprint density at radius 3 is 2.71 bits per heavy atom. The third-order valence-corrected chi connectivity index (χ3v) is 4.07. The summed E-state index contributed by atoms with van der Waals surface area (Å²) in [5.41, 5.74) is 8.40. The molecule has 106 valence electrons. The van der Waals surface area contributed by atoms with Crippen molar-refractivity contribution >= 4 is 11.3 Å². The van der Waals surface area contributed by atoms with E-state index in [9.17, 15) is 4.39 Å². The molecular weight excluding hydrogens is 285 g/mol. The molecule has 3 nitrogen and oxygen atoms in total. The van der Waals surface area contributed by atoms with Gasteiger partial charge in [0.15, 0.2) is 5.82 Å². The second kappa shape index (κ2) is 6.11. The van der Waals surface area contributed by atoms with Crippen LogP contribution in [0.5, 0.6) is 0 Å². The topological polar surface area (TPSA) is 51.8 Å². The molecule has 1 unspecified atom stereocenters. The molecule has 1 aromatic carbocycles. The third kappa shape index (κ3) is 3.15. The molecule has 5 heteroatoms. The fourth-order valence-electron chi connectivity index (χ4n) is 2.10. The van der Waals surface area contributed by atoms with Crippen LogP contribution in [0.1, 0.15) is 17.3 Å². The van der Waals surface area contributed by atoms with Crippen molar-refractivity contribution in [1.82, 2.24) is 9.97 Å². The van der Waals surface area contributed by atoms with Crippen LogP contribution in [0.15, 0.2) is 54.0 Å². The van der Waals surface area contributed by atoms with Crippen molar-refractivity contribution in [2.45, 2.75) is 12.5 Å². The largest absolute Gasteiger partial charge is 0.324 e. The number of pyridine rings is 1. The number of nitrogens with two attached hydrogens (primary N) is 1. The standard InChI is InChI=1S/C16H14FN3S/c17-13-7-4-8-19-15(13)16-20-12(10-21-16)9-14(18)11-5-2-1-3-6-11/h1-8,10,14H,9,18H2. The summed E-state index contributed by atoms with van der Waals surface area (Å²) < 4.78 is 13.7. The lowest BCUT2D eigenvalue weighted by molar-refractivity contribution is 0.625. The number of halogens is 1. The highest BCUT2D eigenvalue weighted by Crippen LogP contribution is 2.25. The van der Waals surface area contributed by atoms with Crippen molar-refractivity contribution in [2.24, 2.45) is 5.73 Å². The van der Waals surface area contributed by atoms with E-state index in [4.69, 9.17) is 5.73 Å². The van der Waals surface area contributed by atoms with Gasteiger partial charge in [0.2, 0.25) is 0 Å². The molecule has 0 fully saturated rings. The molecule has 0 radical (unpaired) electrons. The highest BCUT2D eigenvalue weighted by atomic mass is 32.1. The van der Waals surface area contributed by atoms with Crippen molar-refractivity contribution < 1.29 is 4.39 Å². The number of thiazole rings is 1. The van der Waals surface area contributed by atoms with Crippen molar-refractivity contribution in [3.8, 4) is 10.7 Å². The second-order valence-electron chi connectivity index (χ2n) is 4.70. The van der Waals surface area contributed by atoms with Gasteiger partial charge in [0, 0.05) is 24.0 Å². The monoisotopic (exact) mass is 299 g/mol. The van der Waals surface area contributed by atoms with Crippen LogP contribution in [-0.2, 0) is 6.42 Å².